The molecule has 2 saturated heterocycles. The third-order valence-electron chi connectivity index (χ3n) is 5.48. The summed E-state index contributed by atoms with van der Waals surface area (Å²) in [6.07, 6.45) is 0.502. The molecule has 1 unspecified atom stereocenters. The fourth-order valence-electron chi connectivity index (χ4n) is 3.93. The van der Waals surface area contributed by atoms with Gasteiger partial charge in [0.25, 0.3) is 0 Å². The molecular formula is C21H23F3N4O3. The summed E-state index contributed by atoms with van der Waals surface area (Å²) in [6, 6.07) is 8.70. The number of hydrazine groups is 1. The number of hydrogen-bond acceptors (Lipinski definition) is 6. The number of nitrogens with one attached hydrogen (secondary N) is 3. The first-order chi connectivity index (χ1) is 15.0. The zero-order valence-corrected chi connectivity index (χ0v) is 16.8. The molecule has 0 bridgehead atoms. The van der Waals surface area contributed by atoms with Crippen molar-refractivity contribution in [1.82, 2.24) is 10.9 Å². The maximum absolute atomic E-state index is 13.6. The standard InChI is InChI=1S/C21H23F3N4O3/c1-30-19-8-13(2-5-16(19)22)27-17-6-7-28(20(17)29)14-3-4-15(12-10-25-26-11-12)18(9-14)31-21(23)24/h2-5,8-9,12,17,21,25-27H,6-7,10-11H2,1H3. The summed E-state index contributed by atoms with van der Waals surface area (Å²) in [7, 11) is 1.37. The molecular weight excluding hydrogens is 413 g/mol. The number of benzene rings is 2. The summed E-state index contributed by atoms with van der Waals surface area (Å²) >= 11 is 0. The first-order valence-electron chi connectivity index (χ1n) is 9.92. The van der Waals surface area contributed by atoms with E-state index in [0.29, 0.717) is 43.0 Å². The molecule has 3 N–H and O–H groups in total. The van der Waals surface area contributed by atoms with Crippen molar-refractivity contribution in [3.63, 3.8) is 0 Å². The van der Waals surface area contributed by atoms with E-state index in [9.17, 15) is 18.0 Å². The highest BCUT2D eigenvalue weighted by molar-refractivity contribution is 6.01. The highest BCUT2D eigenvalue weighted by atomic mass is 19.3. The zero-order valence-electron chi connectivity index (χ0n) is 16.8. The monoisotopic (exact) mass is 436 g/mol. The second-order valence-corrected chi connectivity index (χ2v) is 7.38. The molecule has 10 heteroatoms. The van der Waals surface area contributed by atoms with E-state index >= 15 is 0 Å². The van der Waals surface area contributed by atoms with E-state index in [1.54, 1.807) is 12.1 Å². The number of ether oxygens (including phenoxy) is 2. The van der Waals surface area contributed by atoms with Gasteiger partial charge in [-0.25, -0.2) is 4.39 Å². The fraction of sp³-hybridized carbons (Fsp3) is 0.381. The molecule has 0 aliphatic carbocycles. The van der Waals surface area contributed by atoms with Gasteiger partial charge >= 0.3 is 6.61 Å². The Bertz CT molecular complexity index is 953. The lowest BCUT2D eigenvalue weighted by Gasteiger charge is -2.21. The summed E-state index contributed by atoms with van der Waals surface area (Å²) in [5.74, 6) is -0.571. The Balaban J connectivity index is 1.52. The Labute approximate surface area is 177 Å². The number of alkyl halides is 2. The highest BCUT2D eigenvalue weighted by Gasteiger charge is 2.33. The molecule has 2 fully saturated rings. The van der Waals surface area contributed by atoms with Gasteiger partial charge in [0, 0.05) is 54.6 Å². The van der Waals surface area contributed by atoms with Crippen molar-refractivity contribution >= 4 is 17.3 Å². The van der Waals surface area contributed by atoms with Gasteiger partial charge in [-0.1, -0.05) is 6.07 Å². The number of hydrogen-bond donors (Lipinski definition) is 3. The summed E-state index contributed by atoms with van der Waals surface area (Å²) in [4.78, 5) is 14.5. The van der Waals surface area contributed by atoms with E-state index in [1.165, 1.54) is 36.3 Å². The molecule has 0 radical (unpaired) electrons. The summed E-state index contributed by atoms with van der Waals surface area (Å²) in [6.45, 7) is -1.37. The molecule has 2 aromatic rings. The smallest absolute Gasteiger partial charge is 0.387 e. The minimum absolute atomic E-state index is 0.0139. The lowest BCUT2D eigenvalue weighted by Crippen LogP contribution is -2.33. The number of nitrogens with zero attached hydrogens (tertiary/aromatic N) is 1. The van der Waals surface area contributed by atoms with Gasteiger partial charge in [-0.05, 0) is 24.6 Å². The van der Waals surface area contributed by atoms with E-state index in [2.05, 4.69) is 16.2 Å². The van der Waals surface area contributed by atoms with Crippen molar-refractivity contribution in [1.29, 1.82) is 0 Å². The maximum Gasteiger partial charge on any atom is 0.387 e. The lowest BCUT2D eigenvalue weighted by atomic mass is 9.98. The minimum atomic E-state index is -2.96. The minimum Gasteiger partial charge on any atom is -0.494 e. The van der Waals surface area contributed by atoms with Gasteiger partial charge in [-0.2, -0.15) is 8.78 Å². The number of carbonyl (C=O) groups is 1. The van der Waals surface area contributed by atoms with Crippen LogP contribution in [0.5, 0.6) is 11.5 Å². The van der Waals surface area contributed by atoms with Crippen LogP contribution in [0, 0.1) is 5.82 Å². The molecule has 1 amide bonds. The van der Waals surface area contributed by atoms with Gasteiger partial charge in [0.1, 0.15) is 11.8 Å². The van der Waals surface area contributed by atoms with Crippen LogP contribution in [0.25, 0.3) is 0 Å². The maximum atomic E-state index is 13.6. The molecule has 0 aromatic heterocycles. The van der Waals surface area contributed by atoms with E-state index in [1.807, 2.05) is 0 Å². The van der Waals surface area contributed by atoms with Crippen LogP contribution in [0.3, 0.4) is 0 Å². The first-order valence-corrected chi connectivity index (χ1v) is 9.92. The molecule has 2 aliphatic rings. The van der Waals surface area contributed by atoms with Crippen molar-refractivity contribution in [3.8, 4) is 11.5 Å². The van der Waals surface area contributed by atoms with Crippen molar-refractivity contribution in [3.05, 3.63) is 47.8 Å². The molecule has 2 aromatic carbocycles. The summed E-state index contributed by atoms with van der Waals surface area (Å²) < 4.78 is 49.3. The first kappa shape index (κ1) is 21.3. The molecule has 2 heterocycles. The van der Waals surface area contributed by atoms with Gasteiger partial charge in [-0.15, -0.1) is 0 Å². The third-order valence-corrected chi connectivity index (χ3v) is 5.48. The normalized spacial score (nSPS) is 19.3. The Hall–Kier alpha value is -2.98. The quantitative estimate of drug-likeness (QED) is 0.620. The second-order valence-electron chi connectivity index (χ2n) is 7.38. The van der Waals surface area contributed by atoms with Crippen LogP contribution in [0.4, 0.5) is 24.5 Å². The van der Waals surface area contributed by atoms with Crippen LogP contribution < -0.4 is 30.5 Å². The number of amides is 1. The van der Waals surface area contributed by atoms with Crippen LogP contribution >= 0.6 is 0 Å². The Morgan fingerprint density at radius 2 is 1.90 bits per heavy atom. The Morgan fingerprint density at radius 3 is 2.61 bits per heavy atom. The van der Waals surface area contributed by atoms with E-state index < -0.39 is 18.5 Å². The van der Waals surface area contributed by atoms with E-state index in [0.717, 1.165) is 0 Å². The van der Waals surface area contributed by atoms with Gasteiger partial charge in [0.2, 0.25) is 5.91 Å². The van der Waals surface area contributed by atoms with Gasteiger partial charge in [0.15, 0.2) is 11.6 Å². The molecule has 1 atom stereocenters. The predicted molar refractivity (Wildman–Crippen MR) is 109 cm³/mol. The molecule has 31 heavy (non-hydrogen) atoms. The van der Waals surface area contributed by atoms with Gasteiger partial charge in [0.05, 0.1) is 7.11 Å². The third kappa shape index (κ3) is 4.54. The van der Waals surface area contributed by atoms with Crippen LogP contribution in [0.15, 0.2) is 36.4 Å². The Morgan fingerprint density at radius 1 is 1.13 bits per heavy atom. The number of rotatable bonds is 7. The number of carbonyl (C=O) groups excluding carboxylic acids is 1. The topological polar surface area (TPSA) is 74.9 Å². The molecule has 4 rings (SSSR count). The lowest BCUT2D eigenvalue weighted by molar-refractivity contribution is -0.117. The average Bonchev–Trinajstić information content (AvgIpc) is 3.40. The number of halogens is 3. The van der Waals surface area contributed by atoms with Crippen LogP contribution in [0.1, 0.15) is 17.9 Å². The summed E-state index contributed by atoms with van der Waals surface area (Å²) in [5, 5.41) is 3.09. The largest absolute Gasteiger partial charge is 0.494 e. The average molecular weight is 436 g/mol. The molecule has 0 spiro atoms. The fourth-order valence-corrected chi connectivity index (χ4v) is 3.93. The van der Waals surface area contributed by atoms with Gasteiger partial charge < -0.3 is 19.7 Å². The SMILES string of the molecule is COc1cc(NC2CCN(c3ccc(C4CNNC4)c(OC(F)F)c3)C2=O)ccc1F. The summed E-state index contributed by atoms with van der Waals surface area (Å²) in [5.41, 5.74) is 7.64. The van der Waals surface area contributed by atoms with Crippen LogP contribution in [-0.4, -0.2) is 45.3 Å². The molecule has 2 aliphatic heterocycles. The highest BCUT2D eigenvalue weighted by Crippen LogP contribution is 2.35. The van der Waals surface area contributed by atoms with Crippen molar-refractivity contribution in [2.24, 2.45) is 0 Å². The van der Waals surface area contributed by atoms with Crippen molar-refractivity contribution in [2.45, 2.75) is 25.0 Å². The van der Waals surface area contributed by atoms with E-state index in [4.69, 9.17) is 9.47 Å². The molecule has 0 saturated carbocycles. The number of methoxy groups -OCH3 is 1. The predicted octanol–water partition coefficient (Wildman–Crippen LogP) is 2.84. The Kier molecular flexibility index (Phi) is 6.19. The zero-order chi connectivity index (χ0) is 22.0. The van der Waals surface area contributed by atoms with Crippen LogP contribution in [0.2, 0.25) is 0 Å². The van der Waals surface area contributed by atoms with Gasteiger partial charge in [-0.3, -0.25) is 15.6 Å². The van der Waals surface area contributed by atoms with Crippen LogP contribution in [-0.2, 0) is 4.79 Å². The van der Waals surface area contributed by atoms with Crippen molar-refractivity contribution in [2.75, 3.05) is 37.0 Å². The number of anilines is 2. The molecule has 166 valence electrons. The molecule has 7 nitrogen and oxygen atoms in total. The van der Waals surface area contributed by atoms with E-state index in [-0.39, 0.29) is 23.3 Å². The second kappa shape index (κ2) is 9.03. The van der Waals surface area contributed by atoms with Crippen molar-refractivity contribution < 1.29 is 27.4 Å².